The molecule has 0 unspecified atom stereocenters. The standard InChI is InChI=1S/C62H77N7/c1-42(2)28-48-16-13-19-54(34-48)67(58-37-51(22-25-63-58)31-45(7)8)57-40-61(68(55-20-14-17-49(35-55)29-43(3)4)59-38-52(23-26-64-59)32-46(9)10)66-62(41-57)69(56-21-15-18-50(36-56)30-44(5)6)60-39-53(24-27-65-60)33-47(11)12/h13-27,34-47H,28-33H2,1-12H3. The molecule has 0 aliphatic rings. The van der Waals surface area contributed by atoms with Crippen LogP contribution in [0.3, 0.4) is 0 Å². The van der Waals surface area contributed by atoms with Crippen LogP contribution < -0.4 is 14.7 Å². The number of hydrogen-bond acceptors (Lipinski definition) is 7. The summed E-state index contributed by atoms with van der Waals surface area (Å²) in [5.74, 6) is 6.89. The molecule has 0 atom stereocenters. The highest BCUT2D eigenvalue weighted by atomic mass is 15.3. The molecule has 7 heteroatoms. The Bertz CT molecular complexity index is 2280. The highest BCUT2D eigenvalue weighted by Crippen LogP contribution is 2.44. The molecule has 0 spiro atoms. The smallest absolute Gasteiger partial charge is 0.143 e. The first-order chi connectivity index (χ1) is 33.1. The first-order valence-corrected chi connectivity index (χ1v) is 25.6. The van der Waals surface area contributed by atoms with Gasteiger partial charge in [0.25, 0.3) is 0 Å². The van der Waals surface area contributed by atoms with Crippen molar-refractivity contribution in [3.63, 3.8) is 0 Å². The zero-order valence-electron chi connectivity index (χ0n) is 43.6. The highest BCUT2D eigenvalue weighted by molar-refractivity contribution is 5.85. The summed E-state index contributed by atoms with van der Waals surface area (Å²) in [6.45, 7) is 27.3. The summed E-state index contributed by atoms with van der Waals surface area (Å²) >= 11 is 0. The predicted molar refractivity (Wildman–Crippen MR) is 293 cm³/mol. The van der Waals surface area contributed by atoms with Gasteiger partial charge in [0, 0.05) is 47.8 Å². The number of rotatable bonds is 21. The van der Waals surface area contributed by atoms with Gasteiger partial charge in [0.05, 0.1) is 5.69 Å². The van der Waals surface area contributed by atoms with Gasteiger partial charge in [0.15, 0.2) is 0 Å². The van der Waals surface area contributed by atoms with Crippen LogP contribution in [-0.2, 0) is 38.5 Å². The van der Waals surface area contributed by atoms with Crippen LogP contribution in [0, 0.1) is 35.5 Å². The monoisotopic (exact) mass is 920 g/mol. The summed E-state index contributed by atoms with van der Waals surface area (Å²) in [6, 6.07) is 44.5. The number of anilines is 9. The van der Waals surface area contributed by atoms with Gasteiger partial charge in [-0.15, -0.1) is 0 Å². The number of pyridine rings is 4. The molecular formula is C62H77N7. The SMILES string of the molecule is CC(C)Cc1cccc(N(c2cc(N(c3cccc(CC(C)C)c3)c3cc(CC(C)C)ccn3)nc(N(c3cccc(CC(C)C)c3)c3cc(CC(C)C)ccn3)c2)c2cc(CC(C)C)ccn2)c1. The molecule has 3 aromatic carbocycles. The van der Waals surface area contributed by atoms with Gasteiger partial charge >= 0.3 is 0 Å². The summed E-state index contributed by atoms with van der Waals surface area (Å²) in [5, 5.41) is 0. The summed E-state index contributed by atoms with van der Waals surface area (Å²) < 4.78 is 0. The van der Waals surface area contributed by atoms with Gasteiger partial charge in [0.1, 0.15) is 29.1 Å². The molecule has 0 bridgehead atoms. The van der Waals surface area contributed by atoms with Crippen LogP contribution in [0.4, 0.5) is 51.8 Å². The van der Waals surface area contributed by atoms with Crippen molar-refractivity contribution in [1.82, 2.24) is 19.9 Å². The number of benzene rings is 3. The van der Waals surface area contributed by atoms with Gasteiger partial charge in [-0.1, -0.05) is 119 Å². The van der Waals surface area contributed by atoms with E-state index in [0.29, 0.717) is 35.5 Å². The van der Waals surface area contributed by atoms with E-state index in [4.69, 9.17) is 19.9 Å². The van der Waals surface area contributed by atoms with E-state index in [-0.39, 0.29) is 0 Å². The maximum atomic E-state index is 5.81. The van der Waals surface area contributed by atoms with Crippen LogP contribution in [0.15, 0.2) is 140 Å². The van der Waals surface area contributed by atoms with Crippen molar-refractivity contribution in [3.8, 4) is 0 Å². The van der Waals surface area contributed by atoms with E-state index in [1.54, 1.807) is 0 Å². The second-order valence-electron chi connectivity index (χ2n) is 21.7. The summed E-state index contributed by atoms with van der Waals surface area (Å²) in [4.78, 5) is 28.2. The van der Waals surface area contributed by atoms with Crippen molar-refractivity contribution in [2.45, 2.75) is 122 Å². The summed E-state index contributed by atoms with van der Waals surface area (Å²) in [5.41, 5.74) is 11.5. The van der Waals surface area contributed by atoms with Crippen molar-refractivity contribution >= 4 is 51.8 Å². The molecule has 4 heterocycles. The van der Waals surface area contributed by atoms with E-state index in [1.807, 2.05) is 18.6 Å². The van der Waals surface area contributed by atoms with Gasteiger partial charge in [0.2, 0.25) is 0 Å². The van der Waals surface area contributed by atoms with E-state index in [0.717, 1.165) is 90.4 Å². The minimum absolute atomic E-state index is 0.481. The molecule has 7 nitrogen and oxygen atoms in total. The second kappa shape index (κ2) is 23.3. The van der Waals surface area contributed by atoms with E-state index < -0.39 is 0 Å². The van der Waals surface area contributed by atoms with E-state index in [9.17, 15) is 0 Å². The van der Waals surface area contributed by atoms with Crippen molar-refractivity contribution in [2.24, 2.45) is 35.5 Å². The third kappa shape index (κ3) is 13.9. The Morgan fingerprint density at radius 2 is 0.565 bits per heavy atom. The quantitative estimate of drug-likeness (QED) is 0.0711. The first kappa shape index (κ1) is 50.5. The lowest BCUT2D eigenvalue weighted by molar-refractivity contribution is 0.646. The predicted octanol–water partition coefficient (Wildman–Crippen LogP) is 16.9. The molecule has 7 aromatic rings. The zero-order valence-corrected chi connectivity index (χ0v) is 43.6. The number of nitrogens with zero attached hydrogens (tertiary/aromatic N) is 7. The van der Waals surface area contributed by atoms with E-state index >= 15 is 0 Å². The van der Waals surface area contributed by atoms with Gasteiger partial charge in [-0.25, -0.2) is 19.9 Å². The third-order valence-corrected chi connectivity index (χ3v) is 12.0. The lowest BCUT2D eigenvalue weighted by Gasteiger charge is -2.31. The molecule has 69 heavy (non-hydrogen) atoms. The fourth-order valence-corrected chi connectivity index (χ4v) is 9.45. The normalized spacial score (nSPS) is 11.7. The minimum atomic E-state index is 0.481. The van der Waals surface area contributed by atoms with Crippen molar-refractivity contribution in [1.29, 1.82) is 0 Å². The maximum Gasteiger partial charge on any atom is 0.143 e. The molecule has 7 rings (SSSR count). The van der Waals surface area contributed by atoms with Crippen LogP contribution in [0.25, 0.3) is 0 Å². The average molecular weight is 920 g/mol. The molecule has 0 saturated heterocycles. The lowest BCUT2D eigenvalue weighted by Crippen LogP contribution is -2.20. The highest BCUT2D eigenvalue weighted by Gasteiger charge is 2.26. The minimum Gasteiger partial charge on any atom is -0.295 e. The Kier molecular flexibility index (Phi) is 17.1. The Morgan fingerprint density at radius 1 is 0.290 bits per heavy atom. The van der Waals surface area contributed by atoms with Gasteiger partial charge in [-0.05, 0) is 180 Å². The third-order valence-electron chi connectivity index (χ3n) is 12.0. The Morgan fingerprint density at radius 3 is 0.870 bits per heavy atom. The summed E-state index contributed by atoms with van der Waals surface area (Å²) in [7, 11) is 0. The lowest BCUT2D eigenvalue weighted by atomic mass is 10.0. The molecular weight excluding hydrogens is 843 g/mol. The van der Waals surface area contributed by atoms with E-state index in [2.05, 4.69) is 219 Å². The molecule has 0 saturated carbocycles. The molecule has 360 valence electrons. The molecule has 0 radical (unpaired) electrons. The number of aromatic nitrogens is 4. The van der Waals surface area contributed by atoms with Crippen LogP contribution in [0.5, 0.6) is 0 Å². The molecule has 0 fully saturated rings. The van der Waals surface area contributed by atoms with Crippen molar-refractivity contribution in [2.75, 3.05) is 14.7 Å². The van der Waals surface area contributed by atoms with Crippen LogP contribution in [0.2, 0.25) is 0 Å². The van der Waals surface area contributed by atoms with Gasteiger partial charge < -0.3 is 0 Å². The fourth-order valence-electron chi connectivity index (χ4n) is 9.45. The maximum absolute atomic E-state index is 5.81. The molecule has 0 aliphatic heterocycles. The second-order valence-corrected chi connectivity index (χ2v) is 21.7. The first-order valence-electron chi connectivity index (χ1n) is 25.6. The number of hydrogen-bond donors (Lipinski definition) is 0. The van der Waals surface area contributed by atoms with Crippen molar-refractivity contribution < 1.29 is 0 Å². The van der Waals surface area contributed by atoms with Crippen LogP contribution in [0.1, 0.15) is 116 Å². The average Bonchev–Trinajstić information content (AvgIpc) is 3.26. The zero-order chi connectivity index (χ0) is 49.2. The Balaban J connectivity index is 1.60. The van der Waals surface area contributed by atoms with Crippen LogP contribution in [-0.4, -0.2) is 19.9 Å². The van der Waals surface area contributed by atoms with Gasteiger partial charge in [-0.2, -0.15) is 0 Å². The molecule has 0 aliphatic carbocycles. The largest absolute Gasteiger partial charge is 0.295 e. The van der Waals surface area contributed by atoms with Gasteiger partial charge in [-0.3, -0.25) is 14.7 Å². The topological polar surface area (TPSA) is 61.3 Å². The Hall–Kier alpha value is -6.34. The van der Waals surface area contributed by atoms with Crippen molar-refractivity contribution in [3.05, 3.63) is 173 Å². The molecule has 0 N–H and O–H groups in total. The molecule has 4 aromatic heterocycles. The fraction of sp³-hybridized carbons (Fsp3) is 0.387. The summed E-state index contributed by atoms with van der Waals surface area (Å²) in [6.07, 6.45) is 11.6. The Labute approximate surface area is 415 Å². The van der Waals surface area contributed by atoms with E-state index in [1.165, 1.54) is 33.4 Å². The molecule has 0 amide bonds. The van der Waals surface area contributed by atoms with Crippen LogP contribution >= 0.6 is 0 Å².